The molecule has 5 nitrogen and oxygen atoms in total. The van der Waals surface area contributed by atoms with Gasteiger partial charge >= 0.3 is 0 Å². The van der Waals surface area contributed by atoms with Crippen LogP contribution in [0.4, 0.5) is 0 Å². The predicted molar refractivity (Wildman–Crippen MR) is 214 cm³/mol. The van der Waals surface area contributed by atoms with Crippen molar-refractivity contribution in [2.24, 2.45) is 29.6 Å². The molecule has 0 amide bonds. The normalized spacial score (nSPS) is 24.3. The Balaban J connectivity index is 2.38. The smallest absolute Gasteiger partial charge is 0.192 e. The molecule has 1 aromatic rings. The summed E-state index contributed by atoms with van der Waals surface area (Å²) < 4.78 is 34.0. The van der Waals surface area contributed by atoms with Gasteiger partial charge in [0.1, 0.15) is 5.75 Å². The van der Waals surface area contributed by atoms with Crippen LogP contribution in [0.2, 0.25) is 36.3 Å². The summed E-state index contributed by atoms with van der Waals surface area (Å²) in [5.74, 6) is 2.43. The molecule has 8 heteroatoms. The standard InChI is InChI=1S/C39H71IO5Si2/c1-26(22-27(2)34(29(4)24-40)44-46(14,15)38(7,8)9)23-28(3)36(45-47(16,17)39(10,11)12)31(6)35-30(5)25-42-37(43-35)32-18-20-33(41-13)21-19-32/h18-22,27-31,34-37H,23-25H2,1-17H3/b26-22-/t27-,28-,29-,30-,31+,34+,35-,36+,37-/m1/s1. The van der Waals surface area contributed by atoms with Gasteiger partial charge in [0.05, 0.1) is 32.0 Å². The van der Waals surface area contributed by atoms with Crippen molar-refractivity contribution in [3.63, 3.8) is 0 Å². The Hall–Kier alpha value is -0.236. The third-order valence-corrected chi connectivity index (χ3v) is 21.7. The lowest BCUT2D eigenvalue weighted by molar-refractivity contribution is -0.256. The maximum Gasteiger partial charge on any atom is 0.192 e. The van der Waals surface area contributed by atoms with E-state index in [-0.39, 0.29) is 40.2 Å². The molecule has 0 saturated carbocycles. The van der Waals surface area contributed by atoms with Crippen molar-refractivity contribution >= 4 is 39.2 Å². The van der Waals surface area contributed by atoms with E-state index in [1.54, 1.807) is 7.11 Å². The van der Waals surface area contributed by atoms with Crippen molar-refractivity contribution in [1.29, 1.82) is 0 Å². The average Bonchev–Trinajstić information content (AvgIpc) is 2.96. The molecule has 1 aliphatic rings. The summed E-state index contributed by atoms with van der Waals surface area (Å²) in [5.41, 5.74) is 2.44. The summed E-state index contributed by atoms with van der Waals surface area (Å²) in [6.07, 6.45) is 3.38. The number of hydrogen-bond donors (Lipinski definition) is 0. The molecule has 0 spiro atoms. The summed E-state index contributed by atoms with van der Waals surface area (Å²) >= 11 is 2.53. The zero-order chi connectivity index (χ0) is 36.1. The van der Waals surface area contributed by atoms with Gasteiger partial charge in [-0.25, -0.2) is 0 Å². The molecule has 1 aromatic carbocycles. The molecule has 0 bridgehead atoms. The molecule has 1 heterocycles. The number of rotatable bonds is 15. The topological polar surface area (TPSA) is 46.2 Å². The largest absolute Gasteiger partial charge is 0.497 e. The number of ether oxygens (including phenoxy) is 3. The highest BCUT2D eigenvalue weighted by atomic mass is 127. The molecule has 0 radical (unpaired) electrons. The van der Waals surface area contributed by atoms with E-state index in [4.69, 9.17) is 23.1 Å². The monoisotopic (exact) mass is 802 g/mol. The Morgan fingerprint density at radius 1 is 0.894 bits per heavy atom. The zero-order valence-electron chi connectivity index (χ0n) is 33.1. The van der Waals surface area contributed by atoms with Gasteiger partial charge in [0.15, 0.2) is 22.9 Å². The molecule has 0 N–H and O–H groups in total. The first-order chi connectivity index (χ1) is 21.5. The first-order valence-electron chi connectivity index (χ1n) is 18.0. The van der Waals surface area contributed by atoms with Crippen molar-refractivity contribution in [1.82, 2.24) is 0 Å². The fourth-order valence-electron chi connectivity index (χ4n) is 6.26. The van der Waals surface area contributed by atoms with Crippen LogP contribution in [0.3, 0.4) is 0 Å². The molecule has 0 aliphatic carbocycles. The molecule has 0 aromatic heterocycles. The number of alkyl halides is 1. The molecule has 2 rings (SSSR count). The van der Waals surface area contributed by atoms with Gasteiger partial charge in [0, 0.05) is 21.8 Å². The van der Waals surface area contributed by atoms with Gasteiger partial charge in [0.2, 0.25) is 0 Å². The van der Waals surface area contributed by atoms with E-state index in [2.05, 4.69) is 138 Å². The van der Waals surface area contributed by atoms with Crippen LogP contribution in [0.25, 0.3) is 0 Å². The summed E-state index contributed by atoms with van der Waals surface area (Å²) in [6, 6.07) is 8.04. The molecular weight excluding hydrogens is 732 g/mol. The van der Waals surface area contributed by atoms with Crippen molar-refractivity contribution in [2.75, 3.05) is 18.1 Å². The van der Waals surface area contributed by atoms with Gasteiger partial charge in [0.25, 0.3) is 0 Å². The highest BCUT2D eigenvalue weighted by molar-refractivity contribution is 14.1. The Labute approximate surface area is 306 Å². The van der Waals surface area contributed by atoms with Crippen LogP contribution in [0.1, 0.15) is 101 Å². The molecule has 9 atom stereocenters. The second-order valence-electron chi connectivity index (χ2n) is 17.7. The third-order valence-electron chi connectivity index (χ3n) is 11.3. The van der Waals surface area contributed by atoms with E-state index in [9.17, 15) is 0 Å². The average molecular weight is 803 g/mol. The second kappa shape index (κ2) is 17.3. The van der Waals surface area contributed by atoms with Gasteiger partial charge in [-0.05, 0) is 79.5 Å². The Kier molecular flexibility index (Phi) is 15.8. The van der Waals surface area contributed by atoms with E-state index in [1.165, 1.54) is 5.57 Å². The van der Waals surface area contributed by atoms with E-state index in [1.807, 2.05) is 24.3 Å². The lowest BCUT2D eigenvalue weighted by atomic mass is 9.81. The van der Waals surface area contributed by atoms with E-state index in [0.717, 1.165) is 22.2 Å². The van der Waals surface area contributed by atoms with Crippen LogP contribution in [0.15, 0.2) is 35.9 Å². The lowest BCUT2D eigenvalue weighted by Gasteiger charge is -2.47. The van der Waals surface area contributed by atoms with Crippen LogP contribution in [-0.4, -0.2) is 53.1 Å². The molecule has 272 valence electrons. The molecule has 0 unspecified atom stereocenters. The SMILES string of the molecule is COc1ccc([C@@H]2OC[C@@H](C)[C@H]([C@H](C)[C@@H](O[Si](C)(C)C(C)(C)C)[C@H](C)C/C(C)=C\[C@@H](C)[C@H](O[Si](C)(C)C(C)(C)C)[C@H](C)CI)O2)cc1. The minimum absolute atomic E-state index is 0.0168. The number of benzene rings is 1. The van der Waals surface area contributed by atoms with E-state index in [0.29, 0.717) is 24.4 Å². The quantitative estimate of drug-likeness (QED) is 0.0765. The zero-order valence-corrected chi connectivity index (χ0v) is 37.3. The summed E-state index contributed by atoms with van der Waals surface area (Å²) in [7, 11) is -2.29. The summed E-state index contributed by atoms with van der Waals surface area (Å²) in [6.45, 7) is 38.2. The third kappa shape index (κ3) is 11.6. The fraction of sp³-hybridized carbons (Fsp3) is 0.795. The molecular formula is C39H71IO5Si2. The van der Waals surface area contributed by atoms with Crippen LogP contribution in [0.5, 0.6) is 5.75 Å². The number of hydrogen-bond acceptors (Lipinski definition) is 5. The molecule has 1 saturated heterocycles. The second-order valence-corrected chi connectivity index (χ2v) is 28.1. The summed E-state index contributed by atoms with van der Waals surface area (Å²) in [5, 5.41) is 0.297. The fourth-order valence-corrected chi connectivity index (χ4v) is 9.72. The number of halogens is 1. The first kappa shape index (κ1) is 42.9. The van der Waals surface area contributed by atoms with E-state index < -0.39 is 22.9 Å². The minimum Gasteiger partial charge on any atom is -0.497 e. The maximum atomic E-state index is 7.37. The first-order valence-corrected chi connectivity index (χ1v) is 25.3. The van der Waals surface area contributed by atoms with Crippen LogP contribution in [0, 0.1) is 29.6 Å². The van der Waals surface area contributed by atoms with Crippen LogP contribution < -0.4 is 4.74 Å². The lowest BCUT2D eigenvalue weighted by Crippen LogP contribution is -2.51. The highest BCUT2D eigenvalue weighted by Crippen LogP contribution is 2.43. The van der Waals surface area contributed by atoms with Gasteiger partial charge in [-0.3, -0.25) is 0 Å². The van der Waals surface area contributed by atoms with Gasteiger partial charge in [-0.1, -0.05) is 123 Å². The van der Waals surface area contributed by atoms with Crippen molar-refractivity contribution in [3.8, 4) is 5.75 Å². The van der Waals surface area contributed by atoms with Gasteiger partial charge in [-0.2, -0.15) is 0 Å². The van der Waals surface area contributed by atoms with Gasteiger partial charge in [-0.15, -0.1) is 0 Å². The number of allylic oxidation sites excluding steroid dienone is 1. The Morgan fingerprint density at radius 2 is 1.40 bits per heavy atom. The Bertz CT molecular complexity index is 1120. The molecule has 1 aliphatic heterocycles. The maximum absolute atomic E-state index is 7.37. The van der Waals surface area contributed by atoms with E-state index >= 15 is 0 Å². The Morgan fingerprint density at radius 3 is 1.87 bits per heavy atom. The van der Waals surface area contributed by atoms with Crippen molar-refractivity contribution in [2.45, 2.75) is 150 Å². The highest BCUT2D eigenvalue weighted by Gasteiger charge is 2.45. The van der Waals surface area contributed by atoms with Crippen molar-refractivity contribution < 1.29 is 23.1 Å². The molecule has 1 fully saturated rings. The molecule has 47 heavy (non-hydrogen) atoms. The van der Waals surface area contributed by atoms with Crippen molar-refractivity contribution in [3.05, 3.63) is 41.5 Å². The van der Waals surface area contributed by atoms with Crippen LogP contribution in [-0.2, 0) is 18.3 Å². The summed E-state index contributed by atoms with van der Waals surface area (Å²) in [4.78, 5) is 0. The van der Waals surface area contributed by atoms with Crippen LogP contribution >= 0.6 is 22.6 Å². The van der Waals surface area contributed by atoms with Gasteiger partial charge < -0.3 is 23.1 Å². The predicted octanol–water partition coefficient (Wildman–Crippen LogP) is 11.8. The minimum atomic E-state index is -2.07. The number of methoxy groups -OCH3 is 1.